The lowest BCUT2D eigenvalue weighted by atomic mass is 9.97. The van der Waals surface area contributed by atoms with Crippen LogP contribution in [0.25, 0.3) is 0 Å². The van der Waals surface area contributed by atoms with E-state index in [1.54, 1.807) is 11.3 Å². The van der Waals surface area contributed by atoms with Crippen molar-refractivity contribution >= 4 is 16.5 Å². The second-order valence-electron chi connectivity index (χ2n) is 7.10. The Morgan fingerprint density at radius 3 is 2.88 bits per heavy atom. The molecule has 0 N–H and O–H groups in total. The number of aromatic nitrogens is 5. The highest BCUT2D eigenvalue weighted by molar-refractivity contribution is 7.15. The summed E-state index contributed by atoms with van der Waals surface area (Å²) in [6, 6.07) is 6.04. The van der Waals surface area contributed by atoms with Gasteiger partial charge in [-0.1, -0.05) is 31.3 Å². The van der Waals surface area contributed by atoms with Crippen LogP contribution in [-0.2, 0) is 6.54 Å². The summed E-state index contributed by atoms with van der Waals surface area (Å²) < 4.78 is 2.23. The van der Waals surface area contributed by atoms with Gasteiger partial charge in [0, 0.05) is 43.5 Å². The molecule has 0 bridgehead atoms. The summed E-state index contributed by atoms with van der Waals surface area (Å²) in [5.41, 5.74) is 1.06. The van der Waals surface area contributed by atoms with Crippen molar-refractivity contribution in [2.75, 3.05) is 18.0 Å². The highest BCUT2D eigenvalue weighted by atomic mass is 32.1. The normalized spacial score (nSPS) is 17.8. The molecule has 3 aromatic heterocycles. The van der Waals surface area contributed by atoms with Gasteiger partial charge >= 0.3 is 0 Å². The molecule has 6 nitrogen and oxygen atoms in total. The maximum Gasteiger partial charge on any atom is 0.208 e. The number of anilines is 1. The number of pyridine rings is 1. The van der Waals surface area contributed by atoms with E-state index in [4.69, 9.17) is 0 Å². The molecule has 0 radical (unpaired) electrons. The average Bonchev–Trinajstić information content (AvgIpc) is 3.32. The van der Waals surface area contributed by atoms with Crippen molar-refractivity contribution in [3.63, 3.8) is 0 Å². The molecule has 1 unspecified atom stereocenters. The largest absolute Gasteiger partial charge is 0.346 e. The van der Waals surface area contributed by atoms with Crippen molar-refractivity contribution in [1.82, 2.24) is 24.7 Å². The molecule has 1 aliphatic heterocycles. The monoisotopic (exact) mass is 368 g/mol. The maximum atomic E-state index is 4.67. The van der Waals surface area contributed by atoms with Gasteiger partial charge in [0.05, 0.1) is 12.2 Å². The fourth-order valence-electron chi connectivity index (χ4n) is 3.43. The third-order valence-corrected chi connectivity index (χ3v) is 6.07. The van der Waals surface area contributed by atoms with Crippen molar-refractivity contribution in [1.29, 1.82) is 0 Å². The zero-order valence-electron chi connectivity index (χ0n) is 15.2. The molecular formula is C19H24N6S. The molecule has 0 amide bonds. The Balaban J connectivity index is 1.50. The van der Waals surface area contributed by atoms with Crippen LogP contribution >= 0.6 is 11.3 Å². The molecule has 4 heterocycles. The average molecular weight is 369 g/mol. The lowest BCUT2D eigenvalue weighted by Crippen LogP contribution is -2.35. The number of imidazole rings is 1. The Morgan fingerprint density at radius 1 is 1.19 bits per heavy atom. The molecular weight excluding hydrogens is 344 g/mol. The van der Waals surface area contributed by atoms with Gasteiger partial charge in [-0.15, -0.1) is 10.2 Å². The van der Waals surface area contributed by atoms with Crippen molar-refractivity contribution < 1.29 is 0 Å². The van der Waals surface area contributed by atoms with Crippen molar-refractivity contribution in [2.24, 2.45) is 0 Å². The summed E-state index contributed by atoms with van der Waals surface area (Å²) in [6.45, 7) is 7.09. The molecule has 0 aliphatic carbocycles. The first-order valence-corrected chi connectivity index (χ1v) is 10.0. The Labute approximate surface area is 157 Å². The first-order chi connectivity index (χ1) is 12.7. The standard InChI is InChI=1S/C19H24N6S/c1-14(2)18-22-23-19(26-18)25-10-5-6-15(12-25)17-21-9-11-24(17)13-16-7-3-4-8-20-16/h3-4,7-9,11,14-15H,5-6,10,12-13H2,1-2H3. The summed E-state index contributed by atoms with van der Waals surface area (Å²) in [5.74, 6) is 1.99. The summed E-state index contributed by atoms with van der Waals surface area (Å²) in [4.78, 5) is 11.5. The number of nitrogens with zero attached hydrogens (tertiary/aromatic N) is 6. The second-order valence-corrected chi connectivity index (χ2v) is 8.08. The Kier molecular flexibility index (Phi) is 4.97. The van der Waals surface area contributed by atoms with E-state index in [2.05, 4.69) is 55.7 Å². The van der Waals surface area contributed by atoms with E-state index in [-0.39, 0.29) is 0 Å². The van der Waals surface area contributed by atoms with Gasteiger partial charge < -0.3 is 9.47 Å². The first kappa shape index (κ1) is 17.1. The number of piperidine rings is 1. The van der Waals surface area contributed by atoms with Gasteiger partial charge in [-0.25, -0.2) is 4.98 Å². The van der Waals surface area contributed by atoms with Crippen molar-refractivity contribution in [3.05, 3.63) is 53.3 Å². The molecule has 0 saturated carbocycles. The van der Waals surface area contributed by atoms with Crippen LogP contribution in [0.5, 0.6) is 0 Å². The van der Waals surface area contributed by atoms with E-state index in [9.17, 15) is 0 Å². The minimum Gasteiger partial charge on any atom is -0.346 e. The smallest absolute Gasteiger partial charge is 0.208 e. The minimum atomic E-state index is 0.411. The van der Waals surface area contributed by atoms with Gasteiger partial charge in [-0.2, -0.15) is 0 Å². The van der Waals surface area contributed by atoms with Crippen LogP contribution in [0, 0.1) is 0 Å². The molecule has 1 aliphatic rings. The molecule has 26 heavy (non-hydrogen) atoms. The minimum absolute atomic E-state index is 0.411. The molecule has 1 atom stereocenters. The van der Waals surface area contributed by atoms with Crippen LogP contribution in [0.15, 0.2) is 36.8 Å². The van der Waals surface area contributed by atoms with E-state index < -0.39 is 0 Å². The fourth-order valence-corrected chi connectivity index (χ4v) is 4.31. The quantitative estimate of drug-likeness (QED) is 0.687. The Morgan fingerprint density at radius 2 is 2.12 bits per heavy atom. The van der Waals surface area contributed by atoms with E-state index in [0.29, 0.717) is 11.8 Å². The van der Waals surface area contributed by atoms with Gasteiger partial charge in [0.15, 0.2) is 0 Å². The lowest BCUT2D eigenvalue weighted by molar-refractivity contribution is 0.474. The van der Waals surface area contributed by atoms with Crippen LogP contribution in [0.3, 0.4) is 0 Å². The van der Waals surface area contributed by atoms with Crippen LogP contribution < -0.4 is 4.90 Å². The third kappa shape index (κ3) is 3.62. The summed E-state index contributed by atoms with van der Waals surface area (Å²) in [7, 11) is 0. The Bertz CT molecular complexity index is 841. The van der Waals surface area contributed by atoms with Crippen LogP contribution in [0.2, 0.25) is 0 Å². The Hall–Kier alpha value is -2.28. The molecule has 7 heteroatoms. The van der Waals surface area contributed by atoms with Gasteiger partial charge in [-0.3, -0.25) is 4.98 Å². The van der Waals surface area contributed by atoms with Crippen LogP contribution in [0.1, 0.15) is 55.1 Å². The zero-order valence-corrected chi connectivity index (χ0v) is 16.1. The predicted molar refractivity (Wildman–Crippen MR) is 104 cm³/mol. The van der Waals surface area contributed by atoms with E-state index >= 15 is 0 Å². The number of hydrogen-bond donors (Lipinski definition) is 0. The highest BCUT2D eigenvalue weighted by Gasteiger charge is 2.27. The first-order valence-electron chi connectivity index (χ1n) is 9.20. The maximum absolute atomic E-state index is 4.67. The molecule has 3 aromatic rings. The predicted octanol–water partition coefficient (Wildman–Crippen LogP) is 3.69. The topological polar surface area (TPSA) is 59.7 Å². The van der Waals surface area contributed by atoms with E-state index in [1.165, 1.54) is 0 Å². The van der Waals surface area contributed by atoms with Crippen molar-refractivity contribution in [3.8, 4) is 0 Å². The lowest BCUT2D eigenvalue weighted by Gasteiger charge is -2.32. The molecule has 1 fully saturated rings. The van der Waals surface area contributed by atoms with Gasteiger partial charge in [-0.05, 0) is 25.0 Å². The van der Waals surface area contributed by atoms with E-state index in [1.807, 2.05) is 24.5 Å². The molecule has 4 rings (SSSR count). The fraction of sp³-hybridized carbons (Fsp3) is 0.474. The van der Waals surface area contributed by atoms with Crippen molar-refractivity contribution in [2.45, 2.75) is 45.1 Å². The molecule has 136 valence electrons. The van der Waals surface area contributed by atoms with E-state index in [0.717, 1.165) is 54.1 Å². The van der Waals surface area contributed by atoms with Crippen LogP contribution in [-0.4, -0.2) is 37.8 Å². The second kappa shape index (κ2) is 7.53. The van der Waals surface area contributed by atoms with Gasteiger partial charge in [0.2, 0.25) is 5.13 Å². The summed E-state index contributed by atoms with van der Waals surface area (Å²) in [5, 5.41) is 10.9. The molecule has 1 saturated heterocycles. The third-order valence-electron chi connectivity index (χ3n) is 4.79. The van der Waals surface area contributed by atoms with Gasteiger partial charge in [0.25, 0.3) is 0 Å². The summed E-state index contributed by atoms with van der Waals surface area (Å²) >= 11 is 1.72. The molecule has 0 spiro atoms. The SMILES string of the molecule is CC(C)c1nnc(N2CCCC(c3nccn3Cc3ccccn3)C2)s1. The highest BCUT2D eigenvalue weighted by Crippen LogP contribution is 2.32. The summed E-state index contributed by atoms with van der Waals surface area (Å²) in [6.07, 6.45) is 8.11. The number of hydrogen-bond acceptors (Lipinski definition) is 6. The molecule has 0 aromatic carbocycles. The zero-order chi connectivity index (χ0) is 17.9. The van der Waals surface area contributed by atoms with Gasteiger partial charge in [0.1, 0.15) is 10.8 Å². The van der Waals surface area contributed by atoms with Crippen LogP contribution in [0.4, 0.5) is 5.13 Å². The number of rotatable bonds is 5.